The maximum absolute atomic E-state index is 10.5. The molecule has 1 N–H and O–H groups in total. The van der Waals surface area contributed by atoms with E-state index in [1.165, 1.54) is 17.5 Å². The number of ether oxygens (including phenoxy) is 1. The first kappa shape index (κ1) is 18.5. The van der Waals surface area contributed by atoms with Gasteiger partial charge in [-0.05, 0) is 77.8 Å². The first-order valence-corrected chi connectivity index (χ1v) is 9.43. The molecule has 0 aromatic heterocycles. The van der Waals surface area contributed by atoms with Crippen molar-refractivity contribution in [3.8, 4) is 11.5 Å². The predicted molar refractivity (Wildman–Crippen MR) is 104 cm³/mol. The van der Waals surface area contributed by atoms with Crippen LogP contribution in [0.3, 0.4) is 0 Å². The highest BCUT2D eigenvalue weighted by Gasteiger charge is 2.40. The average molecular weight is 352 g/mol. The summed E-state index contributed by atoms with van der Waals surface area (Å²) < 4.78 is 4.93. The highest BCUT2D eigenvalue weighted by Crippen LogP contribution is 2.50. The SMILES string of the molecule is CC(C)C1CCC(C)(c2ccc(OC=O)cc2)CC1c1ccc(O)cc1. The average Bonchev–Trinajstić information content (AvgIpc) is 2.63. The minimum absolute atomic E-state index is 0.0909. The van der Waals surface area contributed by atoms with E-state index in [2.05, 4.69) is 45.0 Å². The Hall–Kier alpha value is -2.29. The third kappa shape index (κ3) is 3.77. The molecule has 3 atom stereocenters. The van der Waals surface area contributed by atoms with Crippen molar-refractivity contribution in [3.05, 3.63) is 59.7 Å². The fraction of sp³-hybridized carbons (Fsp3) is 0.435. The normalized spacial score (nSPS) is 25.8. The van der Waals surface area contributed by atoms with Gasteiger partial charge in [0.05, 0.1) is 0 Å². The summed E-state index contributed by atoms with van der Waals surface area (Å²) in [4.78, 5) is 10.5. The summed E-state index contributed by atoms with van der Waals surface area (Å²) >= 11 is 0. The van der Waals surface area contributed by atoms with Crippen LogP contribution < -0.4 is 4.74 Å². The Balaban J connectivity index is 1.89. The van der Waals surface area contributed by atoms with Crippen LogP contribution in [0.4, 0.5) is 0 Å². The van der Waals surface area contributed by atoms with Gasteiger partial charge in [0.1, 0.15) is 11.5 Å². The van der Waals surface area contributed by atoms with Crippen LogP contribution in [0.25, 0.3) is 0 Å². The molecule has 3 nitrogen and oxygen atoms in total. The van der Waals surface area contributed by atoms with E-state index in [-0.39, 0.29) is 5.41 Å². The number of carbonyl (C=O) groups excluding carboxylic acids is 1. The summed E-state index contributed by atoms with van der Waals surface area (Å²) in [6, 6.07) is 15.7. The van der Waals surface area contributed by atoms with E-state index in [1.807, 2.05) is 12.1 Å². The van der Waals surface area contributed by atoms with Crippen LogP contribution in [0.15, 0.2) is 48.5 Å². The summed E-state index contributed by atoms with van der Waals surface area (Å²) in [6.07, 6.45) is 3.42. The number of hydrogen-bond acceptors (Lipinski definition) is 3. The maximum atomic E-state index is 10.5. The lowest BCUT2D eigenvalue weighted by Crippen LogP contribution is -2.35. The largest absolute Gasteiger partial charge is 0.508 e. The van der Waals surface area contributed by atoms with E-state index in [0.717, 1.165) is 12.8 Å². The molecule has 0 radical (unpaired) electrons. The van der Waals surface area contributed by atoms with Crippen molar-refractivity contribution in [3.63, 3.8) is 0 Å². The monoisotopic (exact) mass is 352 g/mol. The fourth-order valence-electron chi connectivity index (χ4n) is 4.56. The van der Waals surface area contributed by atoms with Gasteiger partial charge >= 0.3 is 0 Å². The van der Waals surface area contributed by atoms with Crippen LogP contribution in [0, 0.1) is 11.8 Å². The van der Waals surface area contributed by atoms with Crippen LogP contribution in [0.5, 0.6) is 11.5 Å². The third-order valence-corrected chi connectivity index (χ3v) is 6.13. The molecule has 0 bridgehead atoms. The minimum Gasteiger partial charge on any atom is -0.508 e. The van der Waals surface area contributed by atoms with Crippen molar-refractivity contribution in [1.29, 1.82) is 0 Å². The second kappa shape index (κ2) is 7.53. The fourth-order valence-corrected chi connectivity index (χ4v) is 4.56. The molecule has 0 amide bonds. The number of hydrogen-bond donors (Lipinski definition) is 1. The van der Waals surface area contributed by atoms with Gasteiger partial charge in [0.15, 0.2) is 0 Å². The maximum Gasteiger partial charge on any atom is 0.298 e. The molecule has 1 saturated carbocycles. The summed E-state index contributed by atoms with van der Waals surface area (Å²) in [5, 5.41) is 9.64. The van der Waals surface area contributed by atoms with E-state index in [9.17, 15) is 9.90 Å². The van der Waals surface area contributed by atoms with Gasteiger partial charge in [-0.25, -0.2) is 0 Å². The van der Waals surface area contributed by atoms with Crippen molar-refractivity contribution in [2.75, 3.05) is 0 Å². The van der Waals surface area contributed by atoms with Gasteiger partial charge in [-0.3, -0.25) is 4.79 Å². The predicted octanol–water partition coefficient (Wildman–Crippen LogP) is 5.43. The Morgan fingerprint density at radius 3 is 2.35 bits per heavy atom. The molecule has 2 aromatic rings. The number of carbonyl (C=O) groups is 1. The highest BCUT2D eigenvalue weighted by molar-refractivity contribution is 5.46. The summed E-state index contributed by atoms with van der Waals surface area (Å²) in [7, 11) is 0. The van der Waals surface area contributed by atoms with Crippen LogP contribution >= 0.6 is 0 Å². The lowest BCUT2D eigenvalue weighted by molar-refractivity contribution is -0.120. The van der Waals surface area contributed by atoms with Crippen LogP contribution in [0.1, 0.15) is 57.1 Å². The van der Waals surface area contributed by atoms with E-state index in [0.29, 0.717) is 35.7 Å². The Labute approximate surface area is 156 Å². The Kier molecular flexibility index (Phi) is 5.36. The molecule has 3 unspecified atom stereocenters. The zero-order chi connectivity index (χ0) is 18.7. The molecule has 138 valence electrons. The van der Waals surface area contributed by atoms with Crippen LogP contribution in [-0.2, 0) is 10.2 Å². The van der Waals surface area contributed by atoms with Crippen molar-refractivity contribution in [2.24, 2.45) is 11.8 Å². The van der Waals surface area contributed by atoms with Gasteiger partial charge in [0.25, 0.3) is 6.47 Å². The number of benzene rings is 2. The number of phenolic OH excluding ortho intramolecular Hbond substituents is 1. The zero-order valence-corrected chi connectivity index (χ0v) is 15.8. The van der Waals surface area contributed by atoms with Crippen LogP contribution in [0.2, 0.25) is 0 Å². The highest BCUT2D eigenvalue weighted by atomic mass is 16.5. The second-order valence-electron chi connectivity index (χ2n) is 8.15. The topological polar surface area (TPSA) is 46.5 Å². The molecule has 3 rings (SSSR count). The minimum atomic E-state index is 0.0909. The lowest BCUT2D eigenvalue weighted by atomic mass is 9.59. The molecule has 0 aliphatic heterocycles. The van der Waals surface area contributed by atoms with Gasteiger partial charge in [-0.1, -0.05) is 45.0 Å². The number of phenols is 1. The van der Waals surface area contributed by atoms with Crippen molar-refractivity contribution < 1.29 is 14.6 Å². The quantitative estimate of drug-likeness (QED) is 0.730. The summed E-state index contributed by atoms with van der Waals surface area (Å²) in [6.45, 7) is 7.43. The molecular formula is C23H28O3. The van der Waals surface area contributed by atoms with Gasteiger partial charge in [0, 0.05) is 0 Å². The molecule has 2 aromatic carbocycles. The smallest absolute Gasteiger partial charge is 0.298 e. The Bertz CT molecular complexity index is 733. The first-order valence-electron chi connectivity index (χ1n) is 9.43. The van der Waals surface area contributed by atoms with Gasteiger partial charge in [-0.2, -0.15) is 0 Å². The molecule has 0 spiro atoms. The van der Waals surface area contributed by atoms with Crippen molar-refractivity contribution in [1.82, 2.24) is 0 Å². The van der Waals surface area contributed by atoms with Crippen LogP contribution in [-0.4, -0.2) is 11.6 Å². The van der Waals surface area contributed by atoms with E-state index in [1.54, 1.807) is 12.1 Å². The standard InChI is InChI=1S/C23H28O3/c1-16(2)21-12-13-23(3,18-6-10-20(11-7-18)26-15-24)14-22(21)17-4-8-19(25)9-5-17/h4-11,15-16,21-22,25H,12-14H2,1-3H3. The van der Waals surface area contributed by atoms with Gasteiger partial charge in [-0.15, -0.1) is 0 Å². The van der Waals surface area contributed by atoms with Crippen molar-refractivity contribution in [2.45, 2.75) is 51.4 Å². The number of aromatic hydroxyl groups is 1. The second-order valence-corrected chi connectivity index (χ2v) is 8.15. The van der Waals surface area contributed by atoms with E-state index < -0.39 is 0 Å². The summed E-state index contributed by atoms with van der Waals surface area (Å²) in [5.74, 6) is 2.64. The molecule has 3 heteroatoms. The first-order chi connectivity index (χ1) is 12.4. The lowest BCUT2D eigenvalue weighted by Gasteiger charge is -2.45. The molecule has 1 aliphatic rings. The van der Waals surface area contributed by atoms with Crippen molar-refractivity contribution >= 4 is 6.47 Å². The molecule has 1 aliphatic carbocycles. The Morgan fingerprint density at radius 1 is 1.12 bits per heavy atom. The molecular weight excluding hydrogens is 324 g/mol. The summed E-state index contributed by atoms with van der Waals surface area (Å²) in [5.41, 5.74) is 2.70. The molecule has 0 saturated heterocycles. The third-order valence-electron chi connectivity index (χ3n) is 6.13. The van der Waals surface area contributed by atoms with Gasteiger partial charge < -0.3 is 9.84 Å². The van der Waals surface area contributed by atoms with Gasteiger partial charge in [0.2, 0.25) is 0 Å². The number of rotatable bonds is 5. The molecule has 0 heterocycles. The molecule has 26 heavy (non-hydrogen) atoms. The Morgan fingerprint density at radius 2 is 1.77 bits per heavy atom. The zero-order valence-electron chi connectivity index (χ0n) is 15.8. The molecule has 1 fully saturated rings. The van der Waals surface area contributed by atoms with E-state index in [4.69, 9.17) is 4.74 Å². The van der Waals surface area contributed by atoms with E-state index >= 15 is 0 Å².